The number of aliphatic hydroxyl groups excluding tert-OH is 1. The number of rotatable bonds is 11. The Morgan fingerprint density at radius 1 is 1.32 bits per heavy atom. The molecule has 2 fully saturated rings. The molecule has 0 saturated carbocycles. The second-order valence-electron chi connectivity index (χ2n) is 9.16. The zero-order valence-electron chi connectivity index (χ0n) is 20.9. The van der Waals surface area contributed by atoms with Crippen LogP contribution >= 0.6 is 18.1 Å². The minimum atomic E-state index is -4.05. The van der Waals surface area contributed by atoms with Gasteiger partial charge in [-0.1, -0.05) is 11.4 Å². The van der Waals surface area contributed by atoms with Gasteiger partial charge in [0, 0.05) is 18.0 Å². The van der Waals surface area contributed by atoms with Crippen LogP contribution in [0.4, 0.5) is 4.79 Å². The quantitative estimate of drug-likeness (QED) is 0.100. The molecule has 0 aliphatic carbocycles. The third-order valence-corrected chi connectivity index (χ3v) is 9.71. The van der Waals surface area contributed by atoms with E-state index in [1.54, 1.807) is 13.8 Å². The summed E-state index contributed by atoms with van der Waals surface area (Å²) in [6, 6.07) is -1.82. The standard InChI is InChI=1S/C20H30N5O11PS/c1-9(2)35-16(29)10(3)24-37(33,38-8-11-15(28)23-18(30)21-11)34-7-12-14(27)20(4,32)17(36-12)25-6-5-13(26)22-19(25)31/h5-6,9-12,14,17,27,32H,7-8H2,1-4H3,(H,24,33)(H,22,26,31)(H2,21,23,28,30)/t10-,11?,12+,14+,17+,20+,37-/m0/s1. The first-order chi connectivity index (χ1) is 17.6. The molecule has 1 aromatic rings. The average Bonchev–Trinajstić information content (AvgIpc) is 3.25. The number of aromatic amines is 1. The Morgan fingerprint density at radius 2 is 2.00 bits per heavy atom. The third-order valence-electron chi connectivity index (χ3n) is 5.59. The number of aromatic nitrogens is 2. The van der Waals surface area contributed by atoms with Crippen molar-refractivity contribution in [3.8, 4) is 0 Å². The summed E-state index contributed by atoms with van der Waals surface area (Å²) in [4.78, 5) is 61.2. The maximum atomic E-state index is 13.7. The lowest BCUT2D eigenvalue weighted by atomic mass is 9.96. The Labute approximate surface area is 220 Å². The molecule has 6 N–H and O–H groups in total. The summed E-state index contributed by atoms with van der Waals surface area (Å²) >= 11 is 0.622. The van der Waals surface area contributed by atoms with Gasteiger partial charge in [-0.05, 0) is 27.7 Å². The highest BCUT2D eigenvalue weighted by molar-refractivity contribution is 8.56. The molecular formula is C20H30N5O11PS. The van der Waals surface area contributed by atoms with Gasteiger partial charge in [0.2, 0.25) is 0 Å². The molecule has 0 bridgehead atoms. The van der Waals surface area contributed by atoms with E-state index in [0.717, 1.165) is 16.8 Å². The molecule has 1 aromatic heterocycles. The molecule has 16 nitrogen and oxygen atoms in total. The van der Waals surface area contributed by atoms with E-state index in [-0.39, 0.29) is 5.75 Å². The fourth-order valence-electron chi connectivity index (χ4n) is 3.65. The van der Waals surface area contributed by atoms with Crippen LogP contribution in [-0.4, -0.2) is 86.0 Å². The first-order valence-electron chi connectivity index (χ1n) is 11.5. The van der Waals surface area contributed by atoms with Crippen molar-refractivity contribution in [2.24, 2.45) is 0 Å². The lowest BCUT2D eigenvalue weighted by Gasteiger charge is -2.27. The van der Waals surface area contributed by atoms with Gasteiger partial charge in [0.1, 0.15) is 29.9 Å². The van der Waals surface area contributed by atoms with Gasteiger partial charge in [0.15, 0.2) is 6.23 Å². The van der Waals surface area contributed by atoms with E-state index in [4.69, 9.17) is 14.0 Å². The predicted molar refractivity (Wildman–Crippen MR) is 132 cm³/mol. The molecule has 2 aliphatic rings. The van der Waals surface area contributed by atoms with Crippen molar-refractivity contribution >= 4 is 36.0 Å². The number of ether oxygens (including phenoxy) is 2. The summed E-state index contributed by atoms with van der Waals surface area (Å²) in [5.41, 5.74) is -3.60. The first-order valence-corrected chi connectivity index (χ1v) is 14.7. The van der Waals surface area contributed by atoms with Crippen LogP contribution in [0.3, 0.4) is 0 Å². The smallest absolute Gasteiger partial charge is 0.330 e. The lowest BCUT2D eigenvalue weighted by molar-refractivity contribution is -0.149. The van der Waals surface area contributed by atoms with E-state index < -0.39 is 84.7 Å². The highest BCUT2D eigenvalue weighted by atomic mass is 32.7. The average molecular weight is 580 g/mol. The van der Waals surface area contributed by atoms with E-state index in [1.807, 2.05) is 10.3 Å². The number of urea groups is 1. The minimum absolute atomic E-state index is 0.199. The number of nitrogens with zero attached hydrogens (tertiary/aromatic N) is 1. The number of carbonyl (C=O) groups excluding carboxylic acids is 3. The number of amides is 3. The molecule has 0 radical (unpaired) electrons. The van der Waals surface area contributed by atoms with Crippen molar-refractivity contribution in [2.45, 2.75) is 69.9 Å². The van der Waals surface area contributed by atoms with Crippen LogP contribution in [0.2, 0.25) is 0 Å². The molecule has 3 heterocycles. The van der Waals surface area contributed by atoms with Gasteiger partial charge in [-0.2, -0.15) is 0 Å². The Hall–Kier alpha value is -2.53. The van der Waals surface area contributed by atoms with Crippen LogP contribution in [0.25, 0.3) is 0 Å². The summed E-state index contributed by atoms with van der Waals surface area (Å²) in [5.74, 6) is -1.57. The van der Waals surface area contributed by atoms with E-state index in [2.05, 4.69) is 10.4 Å². The fourth-order valence-corrected chi connectivity index (χ4v) is 7.51. The number of carbonyl (C=O) groups is 3. The number of hydrogen-bond donors (Lipinski definition) is 6. The Balaban J connectivity index is 1.76. The van der Waals surface area contributed by atoms with Gasteiger partial charge in [-0.15, -0.1) is 0 Å². The fraction of sp³-hybridized carbons (Fsp3) is 0.650. The third kappa shape index (κ3) is 6.91. The van der Waals surface area contributed by atoms with Gasteiger partial charge in [-0.25, -0.2) is 14.7 Å². The highest BCUT2D eigenvalue weighted by Crippen LogP contribution is 2.57. The van der Waals surface area contributed by atoms with E-state index in [0.29, 0.717) is 11.4 Å². The van der Waals surface area contributed by atoms with Gasteiger partial charge in [0.05, 0.1) is 12.7 Å². The van der Waals surface area contributed by atoms with Crippen LogP contribution in [0, 0.1) is 0 Å². The van der Waals surface area contributed by atoms with Gasteiger partial charge < -0.3 is 29.5 Å². The Kier molecular flexibility index (Phi) is 9.24. The molecular weight excluding hydrogens is 549 g/mol. The Bertz CT molecular complexity index is 1230. The molecule has 212 valence electrons. The van der Waals surface area contributed by atoms with Crippen molar-refractivity contribution in [1.82, 2.24) is 25.3 Å². The van der Waals surface area contributed by atoms with Gasteiger partial charge >= 0.3 is 24.4 Å². The van der Waals surface area contributed by atoms with Crippen molar-refractivity contribution < 1.29 is 43.2 Å². The normalized spacial score (nSPS) is 29.6. The summed E-state index contributed by atoms with van der Waals surface area (Å²) in [7, 11) is 0. The summed E-state index contributed by atoms with van der Waals surface area (Å²) in [6.07, 6.45) is -3.74. The lowest BCUT2D eigenvalue weighted by Crippen LogP contribution is -2.47. The highest BCUT2D eigenvalue weighted by Gasteiger charge is 2.54. The number of esters is 1. The van der Waals surface area contributed by atoms with Gasteiger partial charge in [-0.3, -0.25) is 33.8 Å². The molecule has 3 rings (SSSR count). The predicted octanol–water partition coefficient (Wildman–Crippen LogP) is -1.46. The SMILES string of the molecule is CC(C)OC(=O)[C@H](C)N[P@](=O)(OC[C@H]1O[C@@H](n2ccc(=O)[nH]c2=O)[C@](C)(O)[C@@H]1O)SCC1NC(=O)NC1=O. The maximum absolute atomic E-state index is 13.7. The molecule has 7 atom stereocenters. The van der Waals surface area contributed by atoms with Crippen molar-refractivity contribution in [3.63, 3.8) is 0 Å². The largest absolute Gasteiger partial charge is 0.462 e. The molecule has 1 unspecified atom stereocenters. The van der Waals surface area contributed by atoms with Crippen LogP contribution in [0.1, 0.15) is 33.9 Å². The summed E-state index contributed by atoms with van der Waals surface area (Å²) in [5, 5.41) is 28.5. The maximum Gasteiger partial charge on any atom is 0.330 e. The number of imide groups is 1. The number of hydrogen-bond acceptors (Lipinski definition) is 12. The molecule has 0 aromatic carbocycles. The molecule has 3 amide bonds. The summed E-state index contributed by atoms with van der Waals surface area (Å²) in [6.45, 7) is 1.21. The molecule has 38 heavy (non-hydrogen) atoms. The number of H-pyrrole nitrogens is 1. The molecule has 0 spiro atoms. The van der Waals surface area contributed by atoms with Crippen LogP contribution in [0.15, 0.2) is 21.9 Å². The van der Waals surface area contributed by atoms with Crippen molar-refractivity contribution in [1.29, 1.82) is 0 Å². The monoisotopic (exact) mass is 579 g/mol. The second kappa shape index (κ2) is 11.7. The number of nitrogens with one attached hydrogen (secondary N) is 4. The zero-order chi connectivity index (χ0) is 28.4. The van der Waals surface area contributed by atoms with Crippen LogP contribution in [0.5, 0.6) is 0 Å². The molecule has 2 saturated heterocycles. The second-order valence-corrected chi connectivity index (χ2v) is 13.5. The van der Waals surface area contributed by atoms with Gasteiger partial charge in [0.25, 0.3) is 11.5 Å². The van der Waals surface area contributed by atoms with E-state index in [1.165, 1.54) is 13.8 Å². The van der Waals surface area contributed by atoms with Crippen LogP contribution < -0.4 is 27.0 Å². The molecule has 18 heteroatoms. The number of aliphatic hydroxyl groups is 2. The topological polar surface area (TPSA) is 227 Å². The Morgan fingerprint density at radius 3 is 2.58 bits per heavy atom. The molecule has 2 aliphatic heterocycles. The summed E-state index contributed by atoms with van der Waals surface area (Å²) < 4.78 is 30.9. The van der Waals surface area contributed by atoms with Crippen molar-refractivity contribution in [2.75, 3.05) is 12.4 Å². The minimum Gasteiger partial charge on any atom is -0.462 e. The van der Waals surface area contributed by atoms with Crippen LogP contribution in [-0.2, 0) is 28.2 Å². The first kappa shape index (κ1) is 30.0. The van der Waals surface area contributed by atoms with Crippen molar-refractivity contribution in [3.05, 3.63) is 33.1 Å². The van der Waals surface area contributed by atoms with E-state index >= 15 is 0 Å². The van der Waals surface area contributed by atoms with E-state index in [9.17, 15) is 38.8 Å². The zero-order valence-corrected chi connectivity index (χ0v) is 22.6.